The highest BCUT2D eigenvalue weighted by Gasteiger charge is 2.15. The van der Waals surface area contributed by atoms with E-state index in [0.717, 1.165) is 11.3 Å². The van der Waals surface area contributed by atoms with Crippen LogP contribution < -0.4 is 19.5 Å². The number of hydrogen-bond donors (Lipinski definition) is 2. The smallest absolute Gasteiger partial charge is 0.261 e. The topological polar surface area (TPSA) is 93.7 Å². The van der Waals surface area contributed by atoms with E-state index in [1.54, 1.807) is 54.6 Å². The monoisotopic (exact) mass is 454 g/mol. The van der Waals surface area contributed by atoms with E-state index in [1.165, 1.54) is 6.07 Å². The van der Waals surface area contributed by atoms with Crippen molar-refractivity contribution < 1.29 is 22.7 Å². The molecule has 0 aromatic heterocycles. The van der Waals surface area contributed by atoms with Gasteiger partial charge in [0.05, 0.1) is 18.0 Å². The van der Waals surface area contributed by atoms with E-state index < -0.39 is 10.0 Å². The van der Waals surface area contributed by atoms with E-state index in [1.807, 2.05) is 26.0 Å². The maximum Gasteiger partial charge on any atom is 0.261 e. The fraction of sp³-hybridized carbons (Fsp3) is 0.208. The largest absolute Gasteiger partial charge is 0.494 e. The number of aryl methyl sites for hydroxylation is 1. The zero-order valence-electron chi connectivity index (χ0n) is 18.0. The quantitative estimate of drug-likeness (QED) is 0.452. The first kappa shape index (κ1) is 23.1. The Balaban J connectivity index is 1.53. The van der Waals surface area contributed by atoms with Crippen molar-refractivity contribution in [3.05, 3.63) is 83.9 Å². The molecule has 2 N–H and O–H groups in total. The molecule has 0 spiro atoms. The van der Waals surface area contributed by atoms with Crippen molar-refractivity contribution in [2.24, 2.45) is 0 Å². The molecule has 168 valence electrons. The Bertz CT molecular complexity index is 1140. The summed E-state index contributed by atoms with van der Waals surface area (Å²) in [6.45, 7) is 4.99. The lowest BCUT2D eigenvalue weighted by atomic mass is 10.2. The lowest BCUT2D eigenvalue weighted by molar-refractivity contribution is 0.0947. The summed E-state index contributed by atoms with van der Waals surface area (Å²) in [5.41, 5.74) is 1.62. The number of benzene rings is 3. The molecule has 1 amide bonds. The highest BCUT2D eigenvalue weighted by molar-refractivity contribution is 7.92. The van der Waals surface area contributed by atoms with Gasteiger partial charge in [0.1, 0.15) is 18.1 Å². The van der Waals surface area contributed by atoms with Crippen LogP contribution in [0.25, 0.3) is 0 Å². The molecule has 0 unspecified atom stereocenters. The van der Waals surface area contributed by atoms with Gasteiger partial charge in [-0.25, -0.2) is 8.42 Å². The van der Waals surface area contributed by atoms with Gasteiger partial charge in [0, 0.05) is 11.3 Å². The van der Waals surface area contributed by atoms with Crippen molar-refractivity contribution in [1.29, 1.82) is 0 Å². The minimum absolute atomic E-state index is 0.157. The zero-order chi connectivity index (χ0) is 23.0. The molecule has 0 bridgehead atoms. The fourth-order valence-electron chi connectivity index (χ4n) is 2.89. The minimum atomic E-state index is -3.74. The van der Waals surface area contributed by atoms with Crippen LogP contribution in [0, 0.1) is 6.92 Å². The number of anilines is 1. The van der Waals surface area contributed by atoms with Crippen LogP contribution in [-0.2, 0) is 10.0 Å². The highest BCUT2D eigenvalue weighted by Crippen LogP contribution is 2.19. The molecule has 0 atom stereocenters. The third kappa shape index (κ3) is 6.49. The number of hydrogen-bond acceptors (Lipinski definition) is 5. The summed E-state index contributed by atoms with van der Waals surface area (Å²) >= 11 is 0. The van der Waals surface area contributed by atoms with Crippen LogP contribution >= 0.6 is 0 Å². The first-order chi connectivity index (χ1) is 15.4. The van der Waals surface area contributed by atoms with Crippen molar-refractivity contribution in [3.8, 4) is 11.5 Å². The second-order valence-corrected chi connectivity index (χ2v) is 8.69. The second kappa shape index (κ2) is 10.7. The average Bonchev–Trinajstić information content (AvgIpc) is 2.78. The molecule has 0 radical (unpaired) electrons. The van der Waals surface area contributed by atoms with Crippen molar-refractivity contribution in [3.63, 3.8) is 0 Å². The average molecular weight is 455 g/mol. The van der Waals surface area contributed by atoms with Crippen molar-refractivity contribution in [1.82, 2.24) is 5.32 Å². The predicted octanol–water partition coefficient (Wildman–Crippen LogP) is 4.00. The fourth-order valence-corrected chi connectivity index (χ4v) is 3.94. The lowest BCUT2D eigenvalue weighted by Gasteiger charge is -2.11. The van der Waals surface area contributed by atoms with E-state index >= 15 is 0 Å². The van der Waals surface area contributed by atoms with E-state index in [4.69, 9.17) is 9.47 Å². The molecule has 7 nitrogen and oxygen atoms in total. The molecule has 8 heteroatoms. The molecule has 0 aliphatic carbocycles. The molecule has 3 aromatic carbocycles. The summed E-state index contributed by atoms with van der Waals surface area (Å²) in [6, 6.07) is 20.1. The molecule has 3 rings (SSSR count). The summed E-state index contributed by atoms with van der Waals surface area (Å²) in [5.74, 6) is 1.12. The third-order valence-electron chi connectivity index (χ3n) is 4.50. The summed E-state index contributed by atoms with van der Waals surface area (Å²) in [4.78, 5) is 12.6. The van der Waals surface area contributed by atoms with Gasteiger partial charge in [-0.05, 0) is 68.4 Å². The Labute approximate surface area is 188 Å². The number of amides is 1. The number of carbonyl (C=O) groups is 1. The minimum Gasteiger partial charge on any atom is -0.494 e. The van der Waals surface area contributed by atoms with E-state index in [9.17, 15) is 13.2 Å². The first-order valence-corrected chi connectivity index (χ1v) is 11.7. The number of nitrogens with one attached hydrogen (secondary N) is 2. The van der Waals surface area contributed by atoms with Crippen LogP contribution in [0.2, 0.25) is 0 Å². The number of sulfonamides is 1. The van der Waals surface area contributed by atoms with Gasteiger partial charge in [0.2, 0.25) is 0 Å². The standard InChI is InChI=1S/C24H26N2O5S/c1-3-30-21-9-11-22(12-10-21)31-16-15-25-24(27)19-5-4-6-20(17-19)26-32(28,29)23-13-7-18(2)8-14-23/h4-14,17,26H,3,15-16H2,1-2H3,(H,25,27). The van der Waals surface area contributed by atoms with Crippen LogP contribution in [0.1, 0.15) is 22.8 Å². The number of rotatable bonds is 10. The van der Waals surface area contributed by atoms with Gasteiger partial charge in [0.15, 0.2) is 0 Å². The van der Waals surface area contributed by atoms with Crippen LogP contribution in [0.4, 0.5) is 5.69 Å². The Hall–Kier alpha value is -3.52. The Morgan fingerprint density at radius 3 is 2.22 bits per heavy atom. The lowest BCUT2D eigenvalue weighted by Crippen LogP contribution is -2.28. The number of ether oxygens (including phenoxy) is 2. The van der Waals surface area contributed by atoms with Gasteiger partial charge in [-0.1, -0.05) is 23.8 Å². The van der Waals surface area contributed by atoms with Crippen molar-refractivity contribution in [2.45, 2.75) is 18.7 Å². The van der Waals surface area contributed by atoms with Gasteiger partial charge in [-0.2, -0.15) is 0 Å². The summed E-state index contributed by atoms with van der Waals surface area (Å²) in [5, 5.41) is 2.76. The predicted molar refractivity (Wildman–Crippen MR) is 124 cm³/mol. The normalized spacial score (nSPS) is 10.9. The molecule has 0 heterocycles. The molecule has 0 saturated heterocycles. The molecule has 0 fully saturated rings. The summed E-state index contributed by atoms with van der Waals surface area (Å²) < 4.78 is 38.6. The molecule has 0 saturated carbocycles. The van der Waals surface area contributed by atoms with Crippen LogP contribution in [-0.4, -0.2) is 34.1 Å². The van der Waals surface area contributed by atoms with E-state index in [-0.39, 0.29) is 10.8 Å². The van der Waals surface area contributed by atoms with Crippen LogP contribution in [0.15, 0.2) is 77.7 Å². The van der Waals surface area contributed by atoms with Crippen LogP contribution in [0.5, 0.6) is 11.5 Å². The Morgan fingerprint density at radius 1 is 0.906 bits per heavy atom. The van der Waals surface area contributed by atoms with Crippen LogP contribution in [0.3, 0.4) is 0 Å². The van der Waals surface area contributed by atoms with Gasteiger partial charge in [-0.3, -0.25) is 9.52 Å². The third-order valence-corrected chi connectivity index (χ3v) is 5.90. The van der Waals surface area contributed by atoms with E-state index in [2.05, 4.69) is 10.0 Å². The maximum absolute atomic E-state index is 12.6. The second-order valence-electron chi connectivity index (χ2n) is 7.01. The highest BCUT2D eigenvalue weighted by atomic mass is 32.2. The van der Waals surface area contributed by atoms with Gasteiger partial charge in [-0.15, -0.1) is 0 Å². The van der Waals surface area contributed by atoms with Gasteiger partial charge >= 0.3 is 0 Å². The van der Waals surface area contributed by atoms with Gasteiger partial charge in [0.25, 0.3) is 15.9 Å². The van der Waals surface area contributed by atoms with Crippen molar-refractivity contribution >= 4 is 21.6 Å². The molecule has 32 heavy (non-hydrogen) atoms. The number of carbonyl (C=O) groups excluding carboxylic acids is 1. The molecule has 0 aliphatic rings. The first-order valence-electron chi connectivity index (χ1n) is 10.2. The molecular formula is C24H26N2O5S. The Morgan fingerprint density at radius 2 is 1.56 bits per heavy atom. The molecular weight excluding hydrogens is 428 g/mol. The van der Waals surface area contributed by atoms with Gasteiger partial charge < -0.3 is 14.8 Å². The Kier molecular flexibility index (Phi) is 7.72. The summed E-state index contributed by atoms with van der Waals surface area (Å²) in [7, 11) is -3.74. The molecule has 3 aromatic rings. The maximum atomic E-state index is 12.6. The zero-order valence-corrected chi connectivity index (χ0v) is 18.8. The SMILES string of the molecule is CCOc1ccc(OCCNC(=O)c2cccc(NS(=O)(=O)c3ccc(C)cc3)c2)cc1. The van der Waals surface area contributed by atoms with E-state index in [0.29, 0.717) is 36.8 Å². The van der Waals surface area contributed by atoms with Crippen molar-refractivity contribution in [2.75, 3.05) is 24.5 Å². The molecule has 0 aliphatic heterocycles. The summed E-state index contributed by atoms with van der Waals surface area (Å²) in [6.07, 6.45) is 0.